The zero-order valence-electron chi connectivity index (χ0n) is 12.1. The normalized spacial score (nSPS) is 11.4. The Kier molecular flexibility index (Phi) is 5.06. The summed E-state index contributed by atoms with van der Waals surface area (Å²) in [7, 11) is -3.54. The SMILES string of the molecule is Cc1ccc(S(=O)(=O)Nc2ccc(CCBr)cc2)cc1C. The number of rotatable bonds is 5. The van der Waals surface area contributed by atoms with Crippen molar-refractivity contribution >= 4 is 31.6 Å². The average Bonchev–Trinajstić information content (AvgIpc) is 2.44. The minimum atomic E-state index is -3.54. The molecule has 0 radical (unpaired) electrons. The summed E-state index contributed by atoms with van der Waals surface area (Å²) >= 11 is 3.39. The molecule has 0 amide bonds. The molecule has 0 aliphatic carbocycles. The van der Waals surface area contributed by atoms with E-state index in [0.29, 0.717) is 5.69 Å². The van der Waals surface area contributed by atoms with Gasteiger partial charge in [0.2, 0.25) is 0 Å². The van der Waals surface area contributed by atoms with Gasteiger partial charge in [-0.05, 0) is 61.2 Å². The number of anilines is 1. The molecule has 0 bridgehead atoms. The summed E-state index contributed by atoms with van der Waals surface area (Å²) in [5.41, 5.74) is 3.78. The lowest BCUT2D eigenvalue weighted by Gasteiger charge is -2.10. The quantitative estimate of drug-likeness (QED) is 0.810. The monoisotopic (exact) mass is 367 g/mol. The first kappa shape index (κ1) is 16.0. The largest absolute Gasteiger partial charge is 0.280 e. The average molecular weight is 368 g/mol. The van der Waals surface area contributed by atoms with Gasteiger partial charge in [0.05, 0.1) is 4.90 Å². The van der Waals surface area contributed by atoms with Crippen molar-refractivity contribution in [3.05, 3.63) is 59.2 Å². The maximum absolute atomic E-state index is 12.4. The number of hydrogen-bond donors (Lipinski definition) is 1. The van der Waals surface area contributed by atoms with Crippen LogP contribution >= 0.6 is 15.9 Å². The molecule has 0 saturated heterocycles. The number of hydrogen-bond acceptors (Lipinski definition) is 2. The van der Waals surface area contributed by atoms with Gasteiger partial charge in [0, 0.05) is 11.0 Å². The Hall–Kier alpha value is -1.33. The van der Waals surface area contributed by atoms with E-state index in [1.165, 1.54) is 5.56 Å². The Morgan fingerprint density at radius 1 is 1.00 bits per heavy atom. The summed E-state index contributed by atoms with van der Waals surface area (Å²) in [5.74, 6) is 0. The minimum absolute atomic E-state index is 0.287. The molecule has 3 nitrogen and oxygen atoms in total. The fraction of sp³-hybridized carbons (Fsp3) is 0.250. The molecule has 0 aromatic heterocycles. The van der Waals surface area contributed by atoms with Gasteiger partial charge in [-0.3, -0.25) is 4.72 Å². The van der Waals surface area contributed by atoms with E-state index in [-0.39, 0.29) is 4.90 Å². The van der Waals surface area contributed by atoms with E-state index in [4.69, 9.17) is 0 Å². The second kappa shape index (κ2) is 6.62. The highest BCUT2D eigenvalue weighted by Gasteiger charge is 2.14. The third-order valence-electron chi connectivity index (χ3n) is 3.38. The number of nitrogens with one attached hydrogen (secondary N) is 1. The van der Waals surface area contributed by atoms with Gasteiger partial charge in [-0.1, -0.05) is 34.1 Å². The van der Waals surface area contributed by atoms with Gasteiger partial charge in [-0.15, -0.1) is 0 Å². The zero-order valence-corrected chi connectivity index (χ0v) is 14.5. The van der Waals surface area contributed by atoms with E-state index in [0.717, 1.165) is 22.9 Å². The van der Waals surface area contributed by atoms with E-state index in [9.17, 15) is 8.42 Å². The predicted molar refractivity (Wildman–Crippen MR) is 90.7 cm³/mol. The van der Waals surface area contributed by atoms with Crippen molar-refractivity contribution in [2.24, 2.45) is 0 Å². The molecule has 112 valence electrons. The van der Waals surface area contributed by atoms with Crippen molar-refractivity contribution in [3.8, 4) is 0 Å². The molecule has 0 saturated carbocycles. The maximum Gasteiger partial charge on any atom is 0.261 e. The van der Waals surface area contributed by atoms with Crippen molar-refractivity contribution < 1.29 is 8.42 Å². The maximum atomic E-state index is 12.4. The molecule has 0 aliphatic rings. The molecular weight excluding hydrogens is 350 g/mol. The molecule has 2 rings (SSSR count). The third kappa shape index (κ3) is 4.08. The lowest BCUT2D eigenvalue weighted by molar-refractivity contribution is 0.601. The van der Waals surface area contributed by atoms with E-state index in [1.54, 1.807) is 24.3 Å². The molecule has 0 spiro atoms. The van der Waals surface area contributed by atoms with Crippen LogP contribution in [-0.2, 0) is 16.4 Å². The summed E-state index contributed by atoms with van der Waals surface area (Å²) in [6, 6.07) is 12.6. The van der Waals surface area contributed by atoms with Crippen molar-refractivity contribution in [2.45, 2.75) is 25.2 Å². The Bertz CT molecular complexity index is 724. The molecule has 0 heterocycles. The fourth-order valence-electron chi connectivity index (χ4n) is 1.94. The van der Waals surface area contributed by atoms with Crippen LogP contribution in [0, 0.1) is 13.8 Å². The van der Waals surface area contributed by atoms with E-state index in [1.807, 2.05) is 32.0 Å². The summed E-state index contributed by atoms with van der Waals surface area (Å²) < 4.78 is 27.3. The first-order valence-electron chi connectivity index (χ1n) is 6.67. The first-order valence-corrected chi connectivity index (χ1v) is 9.28. The van der Waals surface area contributed by atoms with Crippen molar-refractivity contribution in [3.63, 3.8) is 0 Å². The molecule has 21 heavy (non-hydrogen) atoms. The van der Waals surface area contributed by atoms with Crippen LogP contribution in [0.15, 0.2) is 47.4 Å². The van der Waals surface area contributed by atoms with Gasteiger partial charge >= 0.3 is 0 Å². The van der Waals surface area contributed by atoms with Gasteiger partial charge in [0.1, 0.15) is 0 Å². The highest BCUT2D eigenvalue weighted by atomic mass is 79.9. The zero-order chi connectivity index (χ0) is 15.5. The second-order valence-electron chi connectivity index (χ2n) is 4.99. The Labute approximate surface area is 134 Å². The van der Waals surface area contributed by atoms with Gasteiger partial charge in [-0.2, -0.15) is 0 Å². The number of benzene rings is 2. The van der Waals surface area contributed by atoms with Crippen LogP contribution in [-0.4, -0.2) is 13.7 Å². The molecule has 0 unspecified atom stereocenters. The number of aryl methyl sites for hydroxylation is 3. The van der Waals surface area contributed by atoms with Crippen LogP contribution in [0.5, 0.6) is 0 Å². The molecule has 1 N–H and O–H groups in total. The van der Waals surface area contributed by atoms with Crippen LogP contribution < -0.4 is 4.72 Å². The van der Waals surface area contributed by atoms with Gasteiger partial charge < -0.3 is 0 Å². The molecule has 2 aromatic rings. The summed E-state index contributed by atoms with van der Waals surface area (Å²) in [5, 5.41) is 0.890. The van der Waals surface area contributed by atoms with Crippen LogP contribution in [0.25, 0.3) is 0 Å². The molecule has 0 aliphatic heterocycles. The van der Waals surface area contributed by atoms with Crippen LogP contribution in [0.4, 0.5) is 5.69 Å². The number of sulfonamides is 1. The highest BCUT2D eigenvalue weighted by Crippen LogP contribution is 2.19. The van der Waals surface area contributed by atoms with Gasteiger partial charge in [-0.25, -0.2) is 8.42 Å². The standard InChI is InChI=1S/C16H18BrNO2S/c1-12-3-8-16(11-13(12)2)21(19,20)18-15-6-4-14(5-7-15)9-10-17/h3-8,11,18H,9-10H2,1-2H3. The molecule has 0 fully saturated rings. The predicted octanol–water partition coefficient (Wildman–Crippen LogP) is 4.04. The molecule has 5 heteroatoms. The highest BCUT2D eigenvalue weighted by molar-refractivity contribution is 9.09. The molecule has 0 atom stereocenters. The van der Waals surface area contributed by atoms with Crippen LogP contribution in [0.2, 0.25) is 0 Å². The molecular formula is C16H18BrNO2S. The van der Waals surface area contributed by atoms with Crippen LogP contribution in [0.1, 0.15) is 16.7 Å². The number of halogens is 1. The van der Waals surface area contributed by atoms with Crippen LogP contribution in [0.3, 0.4) is 0 Å². The Morgan fingerprint density at radius 2 is 1.67 bits per heavy atom. The van der Waals surface area contributed by atoms with Crippen molar-refractivity contribution in [1.82, 2.24) is 0 Å². The lowest BCUT2D eigenvalue weighted by Crippen LogP contribution is -2.13. The lowest BCUT2D eigenvalue weighted by atomic mass is 10.1. The van der Waals surface area contributed by atoms with E-state index in [2.05, 4.69) is 20.7 Å². The van der Waals surface area contributed by atoms with Crippen molar-refractivity contribution in [1.29, 1.82) is 0 Å². The first-order chi connectivity index (χ1) is 9.92. The minimum Gasteiger partial charge on any atom is -0.280 e. The summed E-state index contributed by atoms with van der Waals surface area (Å²) in [6.45, 7) is 3.87. The topological polar surface area (TPSA) is 46.2 Å². The van der Waals surface area contributed by atoms with Gasteiger partial charge in [0.25, 0.3) is 10.0 Å². The van der Waals surface area contributed by atoms with E-state index >= 15 is 0 Å². The summed E-state index contributed by atoms with van der Waals surface area (Å²) in [6.07, 6.45) is 0.921. The van der Waals surface area contributed by atoms with Gasteiger partial charge in [0.15, 0.2) is 0 Å². The van der Waals surface area contributed by atoms with E-state index < -0.39 is 10.0 Å². The third-order valence-corrected chi connectivity index (χ3v) is 5.15. The summed E-state index contributed by atoms with van der Waals surface area (Å²) in [4.78, 5) is 0.287. The Morgan fingerprint density at radius 3 is 2.24 bits per heavy atom. The smallest absolute Gasteiger partial charge is 0.261 e. The molecule has 2 aromatic carbocycles. The Balaban J connectivity index is 2.22. The second-order valence-corrected chi connectivity index (χ2v) is 7.46. The number of alkyl halides is 1. The van der Waals surface area contributed by atoms with Crippen molar-refractivity contribution in [2.75, 3.05) is 10.1 Å². The fourth-order valence-corrected chi connectivity index (χ4v) is 3.54.